The zero-order valence-corrected chi connectivity index (χ0v) is 7.80. The molecule has 0 aliphatic heterocycles. The van der Waals surface area contributed by atoms with Gasteiger partial charge in [-0.2, -0.15) is 5.26 Å². The molecule has 1 aromatic heterocycles. The van der Waals surface area contributed by atoms with Crippen molar-refractivity contribution in [2.24, 2.45) is 0 Å². The van der Waals surface area contributed by atoms with E-state index in [4.69, 9.17) is 5.26 Å². The SMILES string of the molecule is Cc1nc2c(cc1C#N)CCCC2. The van der Waals surface area contributed by atoms with E-state index in [9.17, 15) is 0 Å². The first-order valence-electron chi connectivity index (χ1n) is 4.71. The molecule has 66 valence electrons. The third-order valence-electron chi connectivity index (χ3n) is 2.61. The number of aromatic nitrogens is 1. The molecule has 0 saturated heterocycles. The van der Waals surface area contributed by atoms with E-state index < -0.39 is 0 Å². The number of aryl methyl sites for hydroxylation is 3. The zero-order chi connectivity index (χ0) is 9.26. The monoisotopic (exact) mass is 172 g/mol. The van der Waals surface area contributed by atoms with Gasteiger partial charge < -0.3 is 0 Å². The van der Waals surface area contributed by atoms with Crippen LogP contribution in [0.15, 0.2) is 6.07 Å². The van der Waals surface area contributed by atoms with Gasteiger partial charge in [0.2, 0.25) is 0 Å². The van der Waals surface area contributed by atoms with Gasteiger partial charge in [-0.15, -0.1) is 0 Å². The second-order valence-electron chi connectivity index (χ2n) is 3.55. The molecule has 0 aromatic carbocycles. The van der Waals surface area contributed by atoms with E-state index in [1.54, 1.807) is 0 Å². The van der Waals surface area contributed by atoms with Crippen molar-refractivity contribution in [3.8, 4) is 6.07 Å². The Bertz CT molecular complexity index is 374. The summed E-state index contributed by atoms with van der Waals surface area (Å²) in [5.74, 6) is 0. The Morgan fingerprint density at radius 2 is 2.15 bits per heavy atom. The standard InChI is InChI=1S/C11H12N2/c1-8-10(7-12)6-9-4-2-3-5-11(9)13-8/h6H,2-5H2,1H3. The highest BCUT2D eigenvalue weighted by molar-refractivity contribution is 5.39. The van der Waals surface area contributed by atoms with E-state index in [1.165, 1.54) is 24.1 Å². The zero-order valence-electron chi connectivity index (χ0n) is 7.80. The van der Waals surface area contributed by atoms with Crippen molar-refractivity contribution in [3.05, 3.63) is 28.6 Å². The van der Waals surface area contributed by atoms with Crippen molar-refractivity contribution in [3.63, 3.8) is 0 Å². The largest absolute Gasteiger partial charge is 0.257 e. The number of hydrogen-bond donors (Lipinski definition) is 0. The van der Waals surface area contributed by atoms with Gasteiger partial charge in [0.15, 0.2) is 0 Å². The van der Waals surface area contributed by atoms with Crippen LogP contribution in [-0.2, 0) is 12.8 Å². The molecule has 1 aliphatic rings. The molecule has 0 radical (unpaired) electrons. The fraction of sp³-hybridized carbons (Fsp3) is 0.455. The predicted octanol–water partition coefficient (Wildman–Crippen LogP) is 2.14. The maximum Gasteiger partial charge on any atom is 0.101 e. The first-order chi connectivity index (χ1) is 6.31. The molecule has 0 unspecified atom stereocenters. The summed E-state index contributed by atoms with van der Waals surface area (Å²) in [5, 5.41) is 8.83. The van der Waals surface area contributed by atoms with E-state index in [2.05, 4.69) is 11.1 Å². The van der Waals surface area contributed by atoms with E-state index in [1.807, 2.05) is 13.0 Å². The summed E-state index contributed by atoms with van der Waals surface area (Å²) in [6, 6.07) is 4.19. The van der Waals surface area contributed by atoms with Crippen molar-refractivity contribution in [2.75, 3.05) is 0 Å². The Kier molecular flexibility index (Phi) is 2.02. The molecular weight excluding hydrogens is 160 g/mol. The first-order valence-corrected chi connectivity index (χ1v) is 4.71. The third kappa shape index (κ3) is 1.42. The second kappa shape index (κ2) is 3.18. The van der Waals surface area contributed by atoms with E-state index in [-0.39, 0.29) is 0 Å². The van der Waals surface area contributed by atoms with Crippen LogP contribution in [0.4, 0.5) is 0 Å². The Morgan fingerprint density at radius 1 is 1.38 bits per heavy atom. The average Bonchev–Trinajstić information content (AvgIpc) is 2.17. The summed E-state index contributed by atoms with van der Waals surface area (Å²) in [6.07, 6.45) is 4.66. The van der Waals surface area contributed by atoms with Crippen LogP contribution in [-0.4, -0.2) is 4.98 Å². The van der Waals surface area contributed by atoms with Gasteiger partial charge in [0.05, 0.1) is 11.3 Å². The Labute approximate surface area is 78.2 Å². The van der Waals surface area contributed by atoms with Crippen LogP contribution < -0.4 is 0 Å². The minimum Gasteiger partial charge on any atom is -0.257 e. The fourth-order valence-corrected chi connectivity index (χ4v) is 1.85. The Hall–Kier alpha value is -1.36. The lowest BCUT2D eigenvalue weighted by Crippen LogP contribution is -2.07. The first kappa shape index (κ1) is 8.25. The van der Waals surface area contributed by atoms with Crippen molar-refractivity contribution >= 4 is 0 Å². The number of nitrogens with zero attached hydrogens (tertiary/aromatic N) is 2. The van der Waals surface area contributed by atoms with E-state index >= 15 is 0 Å². The lowest BCUT2D eigenvalue weighted by atomic mass is 9.94. The Balaban J connectivity index is 2.52. The van der Waals surface area contributed by atoms with Gasteiger partial charge in [0, 0.05) is 5.69 Å². The maximum atomic E-state index is 8.83. The predicted molar refractivity (Wildman–Crippen MR) is 50.3 cm³/mol. The fourth-order valence-electron chi connectivity index (χ4n) is 1.85. The maximum absolute atomic E-state index is 8.83. The minimum absolute atomic E-state index is 0.737. The van der Waals surface area contributed by atoms with Crippen molar-refractivity contribution in [2.45, 2.75) is 32.6 Å². The van der Waals surface area contributed by atoms with Gasteiger partial charge in [-0.25, -0.2) is 0 Å². The number of rotatable bonds is 0. The molecule has 0 saturated carbocycles. The van der Waals surface area contributed by atoms with Crippen LogP contribution in [0.5, 0.6) is 0 Å². The number of nitriles is 1. The lowest BCUT2D eigenvalue weighted by molar-refractivity contribution is 0.665. The second-order valence-corrected chi connectivity index (χ2v) is 3.55. The van der Waals surface area contributed by atoms with Crippen LogP contribution in [0.3, 0.4) is 0 Å². The molecule has 0 atom stereocenters. The molecule has 0 amide bonds. The van der Waals surface area contributed by atoms with Gasteiger partial charge in [0.25, 0.3) is 0 Å². The van der Waals surface area contributed by atoms with Gasteiger partial charge in [-0.3, -0.25) is 4.98 Å². The Morgan fingerprint density at radius 3 is 2.92 bits per heavy atom. The molecule has 0 spiro atoms. The molecule has 2 rings (SSSR count). The molecular formula is C11H12N2. The van der Waals surface area contributed by atoms with Crippen LogP contribution in [0, 0.1) is 18.3 Å². The van der Waals surface area contributed by atoms with Crippen molar-refractivity contribution in [1.82, 2.24) is 4.98 Å². The summed E-state index contributed by atoms with van der Waals surface area (Å²) >= 11 is 0. The summed E-state index contributed by atoms with van der Waals surface area (Å²) in [7, 11) is 0. The van der Waals surface area contributed by atoms with Gasteiger partial charge >= 0.3 is 0 Å². The smallest absolute Gasteiger partial charge is 0.101 e. The molecule has 0 bridgehead atoms. The molecule has 1 aromatic rings. The van der Waals surface area contributed by atoms with Crippen LogP contribution in [0.1, 0.15) is 35.4 Å². The highest BCUT2D eigenvalue weighted by atomic mass is 14.7. The molecule has 1 aliphatic carbocycles. The highest BCUT2D eigenvalue weighted by Crippen LogP contribution is 2.21. The number of pyridine rings is 1. The summed E-state index contributed by atoms with van der Waals surface area (Å²) in [4.78, 5) is 4.46. The van der Waals surface area contributed by atoms with E-state index in [0.29, 0.717) is 0 Å². The minimum atomic E-state index is 0.737. The molecule has 1 heterocycles. The molecule has 0 fully saturated rings. The number of fused-ring (bicyclic) bond motifs is 1. The van der Waals surface area contributed by atoms with Crippen molar-refractivity contribution in [1.29, 1.82) is 5.26 Å². The van der Waals surface area contributed by atoms with Gasteiger partial charge in [-0.05, 0) is 44.2 Å². The summed E-state index contributed by atoms with van der Waals surface area (Å²) in [5.41, 5.74) is 4.11. The molecule has 2 heteroatoms. The van der Waals surface area contributed by atoms with Crippen LogP contribution >= 0.6 is 0 Å². The van der Waals surface area contributed by atoms with Crippen LogP contribution in [0.25, 0.3) is 0 Å². The summed E-state index contributed by atoms with van der Waals surface area (Å²) in [6.45, 7) is 1.91. The van der Waals surface area contributed by atoms with Crippen LogP contribution in [0.2, 0.25) is 0 Å². The quantitative estimate of drug-likeness (QED) is 0.601. The normalized spacial score (nSPS) is 14.8. The topological polar surface area (TPSA) is 36.7 Å². The molecule has 2 nitrogen and oxygen atoms in total. The van der Waals surface area contributed by atoms with Gasteiger partial charge in [-0.1, -0.05) is 0 Å². The lowest BCUT2D eigenvalue weighted by Gasteiger charge is -2.15. The summed E-state index contributed by atoms with van der Waals surface area (Å²) < 4.78 is 0. The van der Waals surface area contributed by atoms with Gasteiger partial charge in [0.1, 0.15) is 6.07 Å². The molecule has 13 heavy (non-hydrogen) atoms. The highest BCUT2D eigenvalue weighted by Gasteiger charge is 2.12. The number of hydrogen-bond acceptors (Lipinski definition) is 2. The third-order valence-corrected chi connectivity index (χ3v) is 2.61. The molecule has 0 N–H and O–H groups in total. The van der Waals surface area contributed by atoms with Crippen molar-refractivity contribution < 1.29 is 0 Å². The average molecular weight is 172 g/mol. The van der Waals surface area contributed by atoms with E-state index in [0.717, 1.165) is 24.1 Å².